The molecule has 0 aliphatic heterocycles. The van der Waals surface area contributed by atoms with E-state index in [4.69, 9.17) is 0 Å². The molecule has 7 heteroatoms. The summed E-state index contributed by atoms with van der Waals surface area (Å²) in [4.78, 5) is 1.22. The normalized spacial score (nSPS) is 14.7. The molecule has 0 radical (unpaired) electrons. The van der Waals surface area contributed by atoms with Gasteiger partial charge in [0.25, 0.3) is 0 Å². The first kappa shape index (κ1) is 16.1. The van der Waals surface area contributed by atoms with Crippen molar-refractivity contribution in [3.05, 3.63) is 20.8 Å². The Bertz CT molecular complexity index is 497. The second-order valence-corrected chi connectivity index (χ2v) is 8.63. The molecular formula is C11H19BrN2O2S2. The number of hydrogen-bond acceptors (Lipinski definition) is 4. The van der Waals surface area contributed by atoms with Gasteiger partial charge in [0, 0.05) is 32.9 Å². The fourth-order valence-corrected chi connectivity index (χ4v) is 4.16. The predicted octanol–water partition coefficient (Wildman–Crippen LogP) is 2.49. The Hall–Kier alpha value is 0.0500. The Morgan fingerprint density at radius 3 is 2.56 bits per heavy atom. The van der Waals surface area contributed by atoms with E-state index in [2.05, 4.69) is 39.0 Å². The van der Waals surface area contributed by atoms with E-state index in [1.807, 2.05) is 19.2 Å². The van der Waals surface area contributed by atoms with Crippen LogP contribution < -0.4 is 10.0 Å². The third-order valence-electron chi connectivity index (χ3n) is 2.33. The molecule has 0 aliphatic carbocycles. The lowest BCUT2D eigenvalue weighted by molar-refractivity contribution is 0.400. The molecule has 1 aromatic rings. The smallest absolute Gasteiger partial charge is 0.209 e. The van der Waals surface area contributed by atoms with Crippen molar-refractivity contribution in [3.8, 4) is 0 Å². The predicted molar refractivity (Wildman–Crippen MR) is 80.5 cm³/mol. The van der Waals surface area contributed by atoms with Gasteiger partial charge in [-0.3, -0.25) is 0 Å². The molecule has 0 bridgehead atoms. The number of halogens is 1. The van der Waals surface area contributed by atoms with Gasteiger partial charge >= 0.3 is 0 Å². The standard InChI is InChI=1S/C11H19BrN2O2S2/c1-8(10-5-9(12)6-17-10)13-7-11(2,3)14-18(4,15)16/h5-6,8,13-14H,7H2,1-4H3. The molecule has 0 aliphatic rings. The second kappa shape index (κ2) is 6.00. The summed E-state index contributed by atoms with van der Waals surface area (Å²) in [5, 5.41) is 5.37. The van der Waals surface area contributed by atoms with E-state index >= 15 is 0 Å². The summed E-state index contributed by atoms with van der Waals surface area (Å²) in [5.74, 6) is 0. The van der Waals surface area contributed by atoms with E-state index in [-0.39, 0.29) is 6.04 Å². The molecule has 18 heavy (non-hydrogen) atoms. The highest BCUT2D eigenvalue weighted by atomic mass is 79.9. The minimum atomic E-state index is -3.19. The van der Waals surface area contributed by atoms with Gasteiger partial charge in [-0.15, -0.1) is 11.3 Å². The molecule has 1 atom stereocenters. The van der Waals surface area contributed by atoms with E-state index in [1.165, 1.54) is 11.1 Å². The summed E-state index contributed by atoms with van der Waals surface area (Å²) in [6, 6.07) is 2.27. The fourth-order valence-electron chi connectivity index (χ4n) is 1.60. The van der Waals surface area contributed by atoms with Gasteiger partial charge in [-0.2, -0.15) is 0 Å². The van der Waals surface area contributed by atoms with E-state index in [1.54, 1.807) is 11.3 Å². The van der Waals surface area contributed by atoms with Gasteiger partial charge in [0.05, 0.1) is 6.26 Å². The van der Waals surface area contributed by atoms with Crippen LogP contribution in [-0.2, 0) is 10.0 Å². The first-order valence-electron chi connectivity index (χ1n) is 5.55. The van der Waals surface area contributed by atoms with Crippen molar-refractivity contribution in [3.63, 3.8) is 0 Å². The maximum atomic E-state index is 11.2. The molecular weight excluding hydrogens is 336 g/mol. The summed E-state index contributed by atoms with van der Waals surface area (Å²) in [6.45, 7) is 6.35. The fraction of sp³-hybridized carbons (Fsp3) is 0.636. The van der Waals surface area contributed by atoms with Crippen molar-refractivity contribution in [2.45, 2.75) is 32.4 Å². The van der Waals surface area contributed by atoms with Gasteiger partial charge in [-0.05, 0) is 42.8 Å². The van der Waals surface area contributed by atoms with Gasteiger partial charge in [0.2, 0.25) is 10.0 Å². The second-order valence-electron chi connectivity index (χ2n) is 5.03. The van der Waals surface area contributed by atoms with E-state index in [0.29, 0.717) is 6.54 Å². The van der Waals surface area contributed by atoms with Gasteiger partial charge in [-0.1, -0.05) is 0 Å². The van der Waals surface area contributed by atoms with Crippen LogP contribution in [0, 0.1) is 0 Å². The van der Waals surface area contributed by atoms with Crippen molar-refractivity contribution >= 4 is 37.3 Å². The molecule has 0 saturated carbocycles. The zero-order valence-electron chi connectivity index (χ0n) is 11.0. The molecule has 1 rings (SSSR count). The van der Waals surface area contributed by atoms with Crippen LogP contribution in [0.3, 0.4) is 0 Å². The van der Waals surface area contributed by atoms with Gasteiger partial charge in [-0.25, -0.2) is 13.1 Å². The monoisotopic (exact) mass is 354 g/mol. The maximum absolute atomic E-state index is 11.2. The molecule has 0 spiro atoms. The Labute approximate surface area is 121 Å². The van der Waals surface area contributed by atoms with E-state index in [9.17, 15) is 8.42 Å². The highest BCUT2D eigenvalue weighted by Gasteiger charge is 2.22. The molecule has 4 nitrogen and oxygen atoms in total. The third-order valence-corrected chi connectivity index (χ3v) is 5.13. The van der Waals surface area contributed by atoms with Crippen LogP contribution in [0.5, 0.6) is 0 Å². The number of nitrogens with one attached hydrogen (secondary N) is 2. The van der Waals surface area contributed by atoms with Gasteiger partial charge in [0.1, 0.15) is 0 Å². The quantitative estimate of drug-likeness (QED) is 0.824. The zero-order chi connectivity index (χ0) is 14.0. The molecule has 104 valence electrons. The van der Waals surface area contributed by atoms with Crippen molar-refractivity contribution in [1.29, 1.82) is 0 Å². The highest BCUT2D eigenvalue weighted by molar-refractivity contribution is 9.10. The molecule has 2 N–H and O–H groups in total. The lowest BCUT2D eigenvalue weighted by Gasteiger charge is -2.27. The number of rotatable bonds is 6. The van der Waals surface area contributed by atoms with Crippen molar-refractivity contribution in [2.24, 2.45) is 0 Å². The Morgan fingerprint density at radius 1 is 1.50 bits per heavy atom. The molecule has 0 saturated heterocycles. The number of hydrogen-bond donors (Lipinski definition) is 2. The third kappa shape index (κ3) is 5.79. The minimum absolute atomic E-state index is 0.196. The molecule has 1 aromatic heterocycles. The lowest BCUT2D eigenvalue weighted by Crippen LogP contribution is -2.50. The topological polar surface area (TPSA) is 58.2 Å². The lowest BCUT2D eigenvalue weighted by atomic mass is 10.1. The van der Waals surface area contributed by atoms with Crippen LogP contribution in [0.4, 0.5) is 0 Å². The number of sulfonamides is 1. The van der Waals surface area contributed by atoms with Crippen LogP contribution in [0.2, 0.25) is 0 Å². The summed E-state index contributed by atoms with van der Waals surface area (Å²) < 4.78 is 26.1. The van der Waals surface area contributed by atoms with Crippen LogP contribution in [0.25, 0.3) is 0 Å². The summed E-state index contributed by atoms with van der Waals surface area (Å²) in [7, 11) is -3.19. The van der Waals surface area contributed by atoms with Crippen LogP contribution in [0.1, 0.15) is 31.7 Å². The van der Waals surface area contributed by atoms with Crippen LogP contribution in [0.15, 0.2) is 15.9 Å². The van der Waals surface area contributed by atoms with Gasteiger partial charge in [0.15, 0.2) is 0 Å². The van der Waals surface area contributed by atoms with Crippen LogP contribution >= 0.6 is 27.3 Å². The summed E-state index contributed by atoms with van der Waals surface area (Å²) in [5.41, 5.74) is -0.504. The summed E-state index contributed by atoms with van der Waals surface area (Å²) >= 11 is 5.10. The van der Waals surface area contributed by atoms with Crippen molar-refractivity contribution < 1.29 is 8.42 Å². The average molecular weight is 355 g/mol. The van der Waals surface area contributed by atoms with E-state index in [0.717, 1.165) is 4.47 Å². The largest absolute Gasteiger partial charge is 0.308 e. The molecule has 0 fully saturated rings. The average Bonchev–Trinajstić information content (AvgIpc) is 2.57. The Balaban J connectivity index is 2.54. The SMILES string of the molecule is CC(NCC(C)(C)NS(C)(=O)=O)c1cc(Br)cs1. The maximum Gasteiger partial charge on any atom is 0.209 e. The minimum Gasteiger partial charge on any atom is -0.308 e. The first-order chi connectivity index (χ1) is 8.09. The Morgan fingerprint density at radius 2 is 2.11 bits per heavy atom. The zero-order valence-corrected chi connectivity index (χ0v) is 14.2. The molecule has 1 unspecified atom stereocenters. The van der Waals surface area contributed by atoms with Crippen molar-refractivity contribution in [2.75, 3.05) is 12.8 Å². The molecule has 0 aromatic carbocycles. The molecule has 1 heterocycles. The first-order valence-corrected chi connectivity index (χ1v) is 9.12. The highest BCUT2D eigenvalue weighted by Crippen LogP contribution is 2.25. The van der Waals surface area contributed by atoms with Crippen LogP contribution in [-0.4, -0.2) is 26.8 Å². The summed E-state index contributed by atoms with van der Waals surface area (Å²) in [6.07, 6.45) is 1.18. The number of thiophene rings is 1. The van der Waals surface area contributed by atoms with E-state index < -0.39 is 15.6 Å². The Kier molecular flexibility index (Phi) is 5.37. The molecule has 0 amide bonds. The van der Waals surface area contributed by atoms with Crippen molar-refractivity contribution in [1.82, 2.24) is 10.0 Å². The van der Waals surface area contributed by atoms with Gasteiger partial charge < -0.3 is 5.32 Å².